The Bertz CT molecular complexity index is 2800. The Morgan fingerprint density at radius 1 is 0.370 bits per heavy atom. The Morgan fingerprint density at radius 3 is 1.02 bits per heavy atom. The van der Waals surface area contributed by atoms with Gasteiger partial charge in [-0.25, -0.2) is 9.97 Å². The highest BCUT2D eigenvalue weighted by Crippen LogP contribution is 2.56. The summed E-state index contributed by atoms with van der Waals surface area (Å²) in [5.41, 5.74) is 16.3. The van der Waals surface area contributed by atoms with E-state index in [4.69, 9.17) is 9.97 Å². The maximum atomic E-state index is 5.68. The molecule has 11 rings (SSSR count). The van der Waals surface area contributed by atoms with E-state index in [2.05, 4.69) is 175 Å². The Morgan fingerprint density at radius 2 is 0.685 bits per heavy atom. The highest BCUT2D eigenvalue weighted by Gasteiger charge is 2.45. The molecule has 1 heterocycles. The number of fused-ring (bicyclic) bond motifs is 10. The molecule has 0 fully saturated rings. The standard InChI is InChI=1S/C52H40N2/c1-29-23-35(45-37-19-11-7-15-31(37)25-32-16-8-12-20-38(32)45)27-41-43(29)47-49(51(41,3)4)54-48-44-30(2)24-36(28-42(44)52(5,6)50(48)53-47)46-39-21-13-9-17-33(39)26-34-18-10-14-22-40(34)46/h7-28H,1-6H3. The zero-order valence-electron chi connectivity index (χ0n) is 31.6. The van der Waals surface area contributed by atoms with Crippen LogP contribution in [0.3, 0.4) is 0 Å². The van der Waals surface area contributed by atoms with Crippen molar-refractivity contribution in [1.82, 2.24) is 9.97 Å². The van der Waals surface area contributed by atoms with Crippen molar-refractivity contribution in [2.75, 3.05) is 0 Å². The van der Waals surface area contributed by atoms with E-state index in [0.29, 0.717) is 0 Å². The van der Waals surface area contributed by atoms with Gasteiger partial charge in [0.25, 0.3) is 0 Å². The van der Waals surface area contributed by atoms with Crippen LogP contribution < -0.4 is 0 Å². The van der Waals surface area contributed by atoms with Crippen molar-refractivity contribution in [2.24, 2.45) is 0 Å². The number of nitrogens with zero attached hydrogens (tertiary/aromatic N) is 2. The predicted molar refractivity (Wildman–Crippen MR) is 228 cm³/mol. The maximum Gasteiger partial charge on any atom is 0.0936 e. The molecule has 54 heavy (non-hydrogen) atoms. The minimum atomic E-state index is -0.323. The summed E-state index contributed by atoms with van der Waals surface area (Å²) in [4.78, 5) is 11.4. The zero-order chi connectivity index (χ0) is 36.7. The average molecular weight is 693 g/mol. The third-order valence-electron chi connectivity index (χ3n) is 12.7. The van der Waals surface area contributed by atoms with Crippen molar-refractivity contribution in [3.63, 3.8) is 0 Å². The summed E-state index contributed by atoms with van der Waals surface area (Å²) < 4.78 is 0. The van der Waals surface area contributed by atoms with Gasteiger partial charge in [0.05, 0.1) is 22.8 Å². The summed E-state index contributed by atoms with van der Waals surface area (Å²) in [5.74, 6) is 0. The molecule has 2 aliphatic carbocycles. The van der Waals surface area contributed by atoms with Crippen molar-refractivity contribution < 1.29 is 0 Å². The molecule has 0 radical (unpaired) electrons. The summed E-state index contributed by atoms with van der Waals surface area (Å²) in [7, 11) is 0. The summed E-state index contributed by atoms with van der Waals surface area (Å²) in [6.45, 7) is 13.9. The van der Waals surface area contributed by atoms with Gasteiger partial charge in [-0.15, -0.1) is 0 Å². The van der Waals surface area contributed by atoms with E-state index in [1.165, 1.54) is 98.7 Å². The summed E-state index contributed by atoms with van der Waals surface area (Å²) in [6, 6.07) is 49.5. The van der Waals surface area contributed by atoms with Crippen molar-refractivity contribution in [1.29, 1.82) is 0 Å². The van der Waals surface area contributed by atoms with Crippen LogP contribution in [0.1, 0.15) is 61.3 Å². The minimum absolute atomic E-state index is 0.323. The zero-order valence-corrected chi connectivity index (χ0v) is 31.6. The van der Waals surface area contributed by atoms with Gasteiger partial charge in [0, 0.05) is 22.0 Å². The van der Waals surface area contributed by atoms with Crippen LogP contribution in [-0.2, 0) is 10.8 Å². The van der Waals surface area contributed by atoms with Gasteiger partial charge in [-0.1, -0.05) is 137 Å². The van der Waals surface area contributed by atoms with Crippen LogP contribution in [0.25, 0.3) is 87.9 Å². The molecule has 2 nitrogen and oxygen atoms in total. The molecular weight excluding hydrogens is 653 g/mol. The molecular formula is C52H40N2. The van der Waals surface area contributed by atoms with E-state index in [1.54, 1.807) is 0 Å². The number of hydrogen-bond donors (Lipinski definition) is 0. The second-order valence-corrected chi connectivity index (χ2v) is 16.7. The number of aromatic nitrogens is 2. The predicted octanol–water partition coefficient (Wildman–Crippen LogP) is 13.7. The van der Waals surface area contributed by atoms with Crippen LogP contribution in [0.15, 0.2) is 133 Å². The number of aryl methyl sites for hydroxylation is 2. The molecule has 2 aliphatic rings. The van der Waals surface area contributed by atoms with Gasteiger partial charge >= 0.3 is 0 Å². The molecule has 9 aromatic rings. The van der Waals surface area contributed by atoms with E-state index >= 15 is 0 Å². The van der Waals surface area contributed by atoms with Gasteiger partial charge in [-0.2, -0.15) is 0 Å². The topological polar surface area (TPSA) is 25.8 Å². The SMILES string of the molecule is Cc1cc(-c2c3ccccc3cc3ccccc23)cc2c1-c1nc3c(nc1C2(C)C)-c1c(C)cc(-c2c4ccccc4cc4ccccc24)cc1C3(C)C. The summed E-state index contributed by atoms with van der Waals surface area (Å²) >= 11 is 0. The summed E-state index contributed by atoms with van der Waals surface area (Å²) in [6.07, 6.45) is 0. The molecule has 8 aromatic carbocycles. The highest BCUT2D eigenvalue weighted by atomic mass is 14.9. The molecule has 2 heteroatoms. The normalized spacial score (nSPS) is 14.8. The van der Waals surface area contributed by atoms with E-state index in [9.17, 15) is 0 Å². The molecule has 0 unspecified atom stereocenters. The molecule has 0 saturated carbocycles. The number of hydrogen-bond acceptors (Lipinski definition) is 2. The largest absolute Gasteiger partial charge is 0.248 e. The Kier molecular flexibility index (Phi) is 6.24. The number of benzene rings is 8. The van der Waals surface area contributed by atoms with Crippen molar-refractivity contribution in [2.45, 2.75) is 52.4 Å². The van der Waals surface area contributed by atoms with Crippen molar-refractivity contribution in [3.8, 4) is 44.8 Å². The molecule has 258 valence electrons. The monoisotopic (exact) mass is 692 g/mol. The fraction of sp³-hybridized carbons (Fsp3) is 0.154. The highest BCUT2D eigenvalue weighted by molar-refractivity contribution is 6.14. The first-order chi connectivity index (χ1) is 26.1. The molecule has 0 aliphatic heterocycles. The van der Waals surface area contributed by atoms with E-state index < -0.39 is 0 Å². The Labute approximate surface area is 316 Å². The van der Waals surface area contributed by atoms with Crippen LogP contribution in [0.2, 0.25) is 0 Å². The van der Waals surface area contributed by atoms with Crippen LogP contribution in [0.5, 0.6) is 0 Å². The van der Waals surface area contributed by atoms with E-state index in [1.807, 2.05) is 0 Å². The fourth-order valence-electron chi connectivity index (χ4n) is 10.0. The van der Waals surface area contributed by atoms with Gasteiger partial charge in [0.2, 0.25) is 0 Å². The maximum absolute atomic E-state index is 5.68. The first-order valence-electron chi connectivity index (χ1n) is 19.2. The first-order valence-corrected chi connectivity index (χ1v) is 19.2. The molecule has 0 N–H and O–H groups in total. The van der Waals surface area contributed by atoms with Crippen LogP contribution in [0.4, 0.5) is 0 Å². The van der Waals surface area contributed by atoms with Crippen molar-refractivity contribution in [3.05, 3.63) is 167 Å². The van der Waals surface area contributed by atoms with Gasteiger partial charge < -0.3 is 0 Å². The molecule has 1 aromatic heterocycles. The lowest BCUT2D eigenvalue weighted by Gasteiger charge is -2.23. The molecule has 0 saturated heterocycles. The second-order valence-electron chi connectivity index (χ2n) is 16.7. The third kappa shape index (κ3) is 4.11. The van der Waals surface area contributed by atoms with Gasteiger partial charge in [-0.05, 0) is 126 Å². The smallest absolute Gasteiger partial charge is 0.0936 e. The fourth-order valence-corrected chi connectivity index (χ4v) is 10.0. The summed E-state index contributed by atoms with van der Waals surface area (Å²) in [5, 5.41) is 10.2. The Balaban J connectivity index is 1.10. The quantitative estimate of drug-likeness (QED) is 0.169. The van der Waals surface area contributed by atoms with Gasteiger partial charge in [0.15, 0.2) is 0 Å². The van der Waals surface area contributed by atoms with Crippen molar-refractivity contribution >= 4 is 43.1 Å². The van der Waals surface area contributed by atoms with Gasteiger partial charge in [-0.3, -0.25) is 0 Å². The minimum Gasteiger partial charge on any atom is -0.248 e. The van der Waals surface area contributed by atoms with E-state index in [0.717, 1.165) is 22.8 Å². The van der Waals surface area contributed by atoms with Crippen LogP contribution in [0, 0.1) is 13.8 Å². The van der Waals surface area contributed by atoms with Crippen LogP contribution in [-0.4, -0.2) is 9.97 Å². The molecule has 0 spiro atoms. The second kappa shape index (κ2) is 10.7. The first kappa shape index (κ1) is 31.4. The molecule has 0 amide bonds. The lowest BCUT2D eigenvalue weighted by Crippen LogP contribution is -2.20. The Hall–Kier alpha value is -6.12. The third-order valence-corrected chi connectivity index (χ3v) is 12.7. The van der Waals surface area contributed by atoms with E-state index in [-0.39, 0.29) is 10.8 Å². The molecule has 0 atom stereocenters. The lowest BCUT2D eigenvalue weighted by molar-refractivity contribution is 0.617. The number of rotatable bonds is 2. The molecule has 0 bridgehead atoms. The van der Waals surface area contributed by atoms with Crippen LogP contribution >= 0.6 is 0 Å². The lowest BCUT2D eigenvalue weighted by atomic mass is 9.82. The average Bonchev–Trinajstić information content (AvgIpc) is 3.54. The van der Waals surface area contributed by atoms with Gasteiger partial charge in [0.1, 0.15) is 0 Å².